The summed E-state index contributed by atoms with van der Waals surface area (Å²) in [5.74, 6) is 0. The SMILES string of the molecule is Clc1ccc2c(c1)Cc1sc(NC3CCCCC3)nc1-2. The van der Waals surface area contributed by atoms with E-state index in [-0.39, 0.29) is 0 Å². The maximum Gasteiger partial charge on any atom is 0.183 e. The van der Waals surface area contributed by atoms with Gasteiger partial charge >= 0.3 is 0 Å². The maximum absolute atomic E-state index is 6.06. The van der Waals surface area contributed by atoms with Crippen molar-refractivity contribution in [1.29, 1.82) is 0 Å². The third-order valence-electron chi connectivity index (χ3n) is 4.30. The van der Waals surface area contributed by atoms with Crippen LogP contribution < -0.4 is 5.32 Å². The Kier molecular flexibility index (Phi) is 3.20. The zero-order chi connectivity index (χ0) is 13.5. The lowest BCUT2D eigenvalue weighted by Gasteiger charge is -2.22. The van der Waals surface area contributed by atoms with Gasteiger partial charge in [0.2, 0.25) is 0 Å². The molecule has 0 radical (unpaired) electrons. The number of benzene rings is 1. The molecular weight excluding hydrogens is 288 g/mol. The molecule has 4 rings (SSSR count). The largest absolute Gasteiger partial charge is 0.359 e. The van der Waals surface area contributed by atoms with E-state index in [1.165, 1.54) is 53.8 Å². The maximum atomic E-state index is 6.06. The van der Waals surface area contributed by atoms with Crippen molar-refractivity contribution < 1.29 is 0 Å². The van der Waals surface area contributed by atoms with Crippen LogP contribution in [-0.4, -0.2) is 11.0 Å². The van der Waals surface area contributed by atoms with E-state index >= 15 is 0 Å². The fraction of sp³-hybridized carbons (Fsp3) is 0.438. The van der Waals surface area contributed by atoms with E-state index in [9.17, 15) is 0 Å². The highest BCUT2D eigenvalue weighted by atomic mass is 35.5. The lowest BCUT2D eigenvalue weighted by molar-refractivity contribution is 0.462. The average molecular weight is 305 g/mol. The molecule has 1 heterocycles. The number of fused-ring (bicyclic) bond motifs is 3. The number of aromatic nitrogens is 1. The van der Waals surface area contributed by atoms with Crippen LogP contribution in [0.25, 0.3) is 11.3 Å². The minimum absolute atomic E-state index is 0.625. The van der Waals surface area contributed by atoms with Gasteiger partial charge in [-0.05, 0) is 30.5 Å². The Labute approximate surface area is 128 Å². The van der Waals surface area contributed by atoms with Gasteiger partial charge in [-0.1, -0.05) is 36.9 Å². The number of nitrogens with one attached hydrogen (secondary N) is 1. The first-order valence-corrected chi connectivity index (χ1v) is 8.54. The van der Waals surface area contributed by atoms with Crippen LogP contribution in [0.2, 0.25) is 5.02 Å². The Morgan fingerprint density at radius 1 is 1.20 bits per heavy atom. The Morgan fingerprint density at radius 2 is 2.05 bits per heavy atom. The Hall–Kier alpha value is -1.06. The van der Waals surface area contributed by atoms with Crippen LogP contribution >= 0.6 is 22.9 Å². The molecule has 2 nitrogen and oxygen atoms in total. The summed E-state index contributed by atoms with van der Waals surface area (Å²) in [5, 5.41) is 5.55. The van der Waals surface area contributed by atoms with Crippen molar-refractivity contribution in [3.05, 3.63) is 33.7 Å². The molecule has 0 atom stereocenters. The molecule has 2 aromatic rings. The van der Waals surface area contributed by atoms with E-state index in [0.717, 1.165) is 16.6 Å². The van der Waals surface area contributed by atoms with E-state index in [1.54, 1.807) is 0 Å². The first-order valence-electron chi connectivity index (χ1n) is 7.34. The second-order valence-electron chi connectivity index (χ2n) is 5.75. The molecule has 0 bridgehead atoms. The van der Waals surface area contributed by atoms with Crippen molar-refractivity contribution in [1.82, 2.24) is 4.98 Å². The molecule has 0 aliphatic heterocycles. The van der Waals surface area contributed by atoms with Crippen LogP contribution in [0.5, 0.6) is 0 Å². The Bertz CT molecular complexity index is 644. The monoisotopic (exact) mass is 304 g/mol. The minimum Gasteiger partial charge on any atom is -0.359 e. The zero-order valence-electron chi connectivity index (χ0n) is 11.3. The van der Waals surface area contributed by atoms with Crippen LogP contribution in [0.4, 0.5) is 5.13 Å². The number of halogens is 1. The van der Waals surface area contributed by atoms with Gasteiger partial charge in [-0.3, -0.25) is 0 Å². The van der Waals surface area contributed by atoms with Gasteiger partial charge in [0.05, 0.1) is 5.69 Å². The van der Waals surface area contributed by atoms with Gasteiger partial charge in [0.25, 0.3) is 0 Å². The number of anilines is 1. The van der Waals surface area contributed by atoms with E-state index in [0.29, 0.717) is 6.04 Å². The van der Waals surface area contributed by atoms with Gasteiger partial charge in [-0.25, -0.2) is 4.98 Å². The molecule has 1 N–H and O–H groups in total. The molecule has 0 saturated heterocycles. The Morgan fingerprint density at radius 3 is 2.90 bits per heavy atom. The summed E-state index contributed by atoms with van der Waals surface area (Å²) in [6.07, 6.45) is 7.65. The van der Waals surface area contributed by atoms with Crippen LogP contribution in [0, 0.1) is 0 Å². The molecule has 0 amide bonds. The van der Waals surface area contributed by atoms with Crippen LogP contribution in [0.15, 0.2) is 18.2 Å². The molecule has 2 aliphatic rings. The van der Waals surface area contributed by atoms with Gasteiger partial charge in [0.1, 0.15) is 0 Å². The summed E-state index contributed by atoms with van der Waals surface area (Å²) >= 11 is 7.88. The lowest BCUT2D eigenvalue weighted by atomic mass is 9.96. The summed E-state index contributed by atoms with van der Waals surface area (Å²) in [6, 6.07) is 6.76. The normalized spacial score (nSPS) is 17.9. The van der Waals surface area contributed by atoms with Crippen molar-refractivity contribution in [3.8, 4) is 11.3 Å². The number of hydrogen-bond acceptors (Lipinski definition) is 3. The van der Waals surface area contributed by atoms with Gasteiger partial charge < -0.3 is 5.32 Å². The third-order valence-corrected chi connectivity index (χ3v) is 5.53. The fourth-order valence-corrected chi connectivity index (χ4v) is 4.55. The number of rotatable bonds is 2. The quantitative estimate of drug-likeness (QED) is 0.711. The van der Waals surface area contributed by atoms with Crippen molar-refractivity contribution in [2.24, 2.45) is 0 Å². The Balaban J connectivity index is 1.58. The highest BCUT2D eigenvalue weighted by Gasteiger charge is 2.24. The molecule has 1 saturated carbocycles. The molecule has 20 heavy (non-hydrogen) atoms. The van der Waals surface area contributed by atoms with Gasteiger partial charge in [-0.2, -0.15) is 0 Å². The molecule has 0 unspecified atom stereocenters. The third kappa shape index (κ3) is 2.23. The highest BCUT2D eigenvalue weighted by molar-refractivity contribution is 7.16. The fourth-order valence-electron chi connectivity index (χ4n) is 3.28. The average Bonchev–Trinajstić information content (AvgIpc) is 2.96. The van der Waals surface area contributed by atoms with Crippen molar-refractivity contribution in [3.63, 3.8) is 0 Å². The molecule has 1 fully saturated rings. The van der Waals surface area contributed by atoms with Crippen LogP contribution in [0.1, 0.15) is 42.5 Å². The predicted molar refractivity (Wildman–Crippen MR) is 85.9 cm³/mol. The summed E-state index contributed by atoms with van der Waals surface area (Å²) in [5.41, 5.74) is 3.74. The molecule has 4 heteroatoms. The second kappa shape index (κ2) is 5.05. The summed E-state index contributed by atoms with van der Waals surface area (Å²) in [4.78, 5) is 6.20. The first kappa shape index (κ1) is 12.7. The molecule has 0 spiro atoms. The van der Waals surface area contributed by atoms with Crippen molar-refractivity contribution >= 4 is 28.1 Å². The molecule has 1 aromatic carbocycles. The molecule has 1 aromatic heterocycles. The molecule has 104 valence electrons. The van der Waals surface area contributed by atoms with Gasteiger partial charge in [0.15, 0.2) is 5.13 Å². The van der Waals surface area contributed by atoms with E-state index in [2.05, 4.69) is 17.4 Å². The topological polar surface area (TPSA) is 24.9 Å². The van der Waals surface area contributed by atoms with E-state index in [1.807, 2.05) is 17.4 Å². The zero-order valence-corrected chi connectivity index (χ0v) is 12.9. The van der Waals surface area contributed by atoms with E-state index < -0.39 is 0 Å². The number of hydrogen-bond donors (Lipinski definition) is 1. The number of nitrogens with zero attached hydrogens (tertiary/aromatic N) is 1. The number of thiazole rings is 1. The minimum atomic E-state index is 0.625. The lowest BCUT2D eigenvalue weighted by Crippen LogP contribution is -2.22. The van der Waals surface area contributed by atoms with Crippen molar-refractivity contribution in [2.75, 3.05) is 5.32 Å². The standard InChI is InChI=1S/C16H17ClN2S/c17-11-6-7-13-10(8-11)9-14-15(13)19-16(20-14)18-12-4-2-1-3-5-12/h6-8,12H,1-5,9H2,(H,18,19). The molecule has 2 aliphatic carbocycles. The highest BCUT2D eigenvalue weighted by Crippen LogP contribution is 2.42. The summed E-state index contributed by atoms with van der Waals surface area (Å²) in [6.45, 7) is 0. The van der Waals surface area contributed by atoms with Crippen molar-refractivity contribution in [2.45, 2.75) is 44.6 Å². The van der Waals surface area contributed by atoms with Gasteiger partial charge in [-0.15, -0.1) is 11.3 Å². The predicted octanol–water partition coefficient (Wildman–Crippen LogP) is 5.11. The second-order valence-corrected chi connectivity index (χ2v) is 7.27. The molecular formula is C16H17ClN2S. The summed E-state index contributed by atoms with van der Waals surface area (Å²) in [7, 11) is 0. The summed E-state index contributed by atoms with van der Waals surface area (Å²) < 4.78 is 0. The first-order chi connectivity index (χ1) is 9.79. The van der Waals surface area contributed by atoms with Gasteiger partial charge in [0, 0.05) is 27.9 Å². The van der Waals surface area contributed by atoms with Crippen LogP contribution in [-0.2, 0) is 6.42 Å². The van der Waals surface area contributed by atoms with Crippen LogP contribution in [0.3, 0.4) is 0 Å². The smallest absolute Gasteiger partial charge is 0.183 e. The van der Waals surface area contributed by atoms with E-state index in [4.69, 9.17) is 16.6 Å².